The fraction of sp³-hybridized carbons (Fsp3) is 0.625. The van der Waals surface area contributed by atoms with Crippen LogP contribution in [0.3, 0.4) is 0 Å². The summed E-state index contributed by atoms with van der Waals surface area (Å²) >= 11 is 1.56. The van der Waals surface area contributed by atoms with Crippen LogP contribution in [0.15, 0.2) is 35.2 Å². The maximum absolute atomic E-state index is 12.9. The minimum atomic E-state index is -3.51. The van der Waals surface area contributed by atoms with Crippen molar-refractivity contribution in [3.8, 4) is 0 Å². The van der Waals surface area contributed by atoms with E-state index in [1.807, 2.05) is 0 Å². The zero-order valence-electron chi connectivity index (χ0n) is 18.7. The van der Waals surface area contributed by atoms with Crippen molar-refractivity contribution in [3.63, 3.8) is 0 Å². The Balaban J connectivity index is 1.08. The highest BCUT2D eigenvalue weighted by atomic mass is 32.2. The van der Waals surface area contributed by atoms with Crippen molar-refractivity contribution in [1.29, 1.82) is 0 Å². The SMILES string of the molecule is O=C(Nc1nnc(C23CC4CC(CC(C4)C2)C3)s1)C1CCN(S(=O)(=O)c2ccccc2)CC1. The molecule has 0 radical (unpaired) electrons. The Morgan fingerprint density at radius 3 is 2.18 bits per heavy atom. The van der Waals surface area contributed by atoms with Gasteiger partial charge in [0.15, 0.2) is 0 Å². The molecule has 7 nitrogen and oxygen atoms in total. The number of hydrogen-bond acceptors (Lipinski definition) is 6. The van der Waals surface area contributed by atoms with Crippen LogP contribution in [0.1, 0.15) is 56.4 Å². The Hall–Kier alpha value is -1.84. The number of anilines is 1. The number of amides is 1. The van der Waals surface area contributed by atoms with E-state index in [-0.39, 0.29) is 17.2 Å². The third-order valence-electron chi connectivity index (χ3n) is 8.35. The highest BCUT2D eigenvalue weighted by Crippen LogP contribution is 2.61. The van der Waals surface area contributed by atoms with Gasteiger partial charge in [-0.15, -0.1) is 10.2 Å². The highest BCUT2D eigenvalue weighted by molar-refractivity contribution is 7.89. The van der Waals surface area contributed by atoms with Gasteiger partial charge in [-0.2, -0.15) is 4.31 Å². The lowest BCUT2D eigenvalue weighted by Crippen LogP contribution is -2.48. The van der Waals surface area contributed by atoms with Crippen LogP contribution >= 0.6 is 11.3 Å². The van der Waals surface area contributed by atoms with Gasteiger partial charge in [-0.3, -0.25) is 4.79 Å². The van der Waals surface area contributed by atoms with Crippen molar-refractivity contribution in [3.05, 3.63) is 35.3 Å². The van der Waals surface area contributed by atoms with Crippen molar-refractivity contribution >= 4 is 32.4 Å². The number of hydrogen-bond donors (Lipinski definition) is 1. The summed E-state index contributed by atoms with van der Waals surface area (Å²) < 4.78 is 27.1. The summed E-state index contributed by atoms with van der Waals surface area (Å²) in [6.45, 7) is 0.702. The maximum atomic E-state index is 12.9. The second-order valence-corrected chi connectivity index (χ2v) is 13.5. The first-order chi connectivity index (χ1) is 15.9. The molecule has 5 fully saturated rings. The normalized spacial score (nSPS) is 32.2. The fourth-order valence-electron chi connectivity index (χ4n) is 7.17. The van der Waals surface area contributed by atoms with Crippen molar-refractivity contribution in [2.24, 2.45) is 23.7 Å². The van der Waals surface area contributed by atoms with Gasteiger partial charge >= 0.3 is 0 Å². The van der Waals surface area contributed by atoms with Gasteiger partial charge in [-0.25, -0.2) is 8.42 Å². The molecule has 4 saturated carbocycles. The van der Waals surface area contributed by atoms with E-state index in [1.165, 1.54) is 42.8 Å². The van der Waals surface area contributed by atoms with E-state index in [0.29, 0.717) is 36.0 Å². The molecule has 1 amide bonds. The number of aromatic nitrogens is 2. The smallest absolute Gasteiger partial charge is 0.243 e. The van der Waals surface area contributed by atoms with E-state index in [1.54, 1.807) is 41.7 Å². The first-order valence-corrected chi connectivity index (χ1v) is 14.4. The first-order valence-electron chi connectivity index (χ1n) is 12.1. The molecule has 1 saturated heterocycles. The second-order valence-electron chi connectivity index (χ2n) is 10.6. The summed E-state index contributed by atoms with van der Waals surface area (Å²) in [5, 5.41) is 13.6. The number of carbonyl (C=O) groups is 1. The van der Waals surface area contributed by atoms with Crippen molar-refractivity contribution in [1.82, 2.24) is 14.5 Å². The minimum absolute atomic E-state index is 0.0695. The van der Waals surface area contributed by atoms with E-state index in [0.717, 1.165) is 22.8 Å². The average Bonchev–Trinajstić information content (AvgIpc) is 3.28. The first kappa shape index (κ1) is 21.7. The third kappa shape index (κ3) is 3.91. The largest absolute Gasteiger partial charge is 0.300 e. The third-order valence-corrected chi connectivity index (χ3v) is 11.4. The average molecular weight is 487 g/mol. The molecule has 4 aliphatic carbocycles. The number of piperidine rings is 1. The monoisotopic (exact) mass is 486 g/mol. The minimum Gasteiger partial charge on any atom is -0.300 e. The molecule has 1 aromatic heterocycles. The van der Waals surface area contributed by atoms with Gasteiger partial charge in [0.05, 0.1) is 4.90 Å². The molecule has 4 bridgehead atoms. The molecule has 33 heavy (non-hydrogen) atoms. The fourth-order valence-corrected chi connectivity index (χ4v) is 9.62. The zero-order valence-corrected chi connectivity index (χ0v) is 20.3. The van der Waals surface area contributed by atoms with E-state index in [4.69, 9.17) is 0 Å². The number of rotatable bonds is 5. The number of nitrogens with one attached hydrogen (secondary N) is 1. The second kappa shape index (κ2) is 8.13. The van der Waals surface area contributed by atoms with Crippen LogP contribution in [0.5, 0.6) is 0 Å². The molecule has 2 heterocycles. The molecule has 9 heteroatoms. The molecule has 1 N–H and O–H groups in total. The standard InChI is InChI=1S/C24H30N4O3S2/c29-21(19-6-8-28(9-7-19)33(30,31)20-4-2-1-3-5-20)25-23-27-26-22(32-23)24-13-16-10-17(14-24)12-18(11-16)15-24/h1-5,16-19H,6-15H2,(H,25,27,29). The number of carbonyl (C=O) groups excluding carboxylic acids is 1. The Bertz CT molecular complexity index is 1100. The molecular formula is C24H30N4O3S2. The quantitative estimate of drug-likeness (QED) is 0.688. The summed E-state index contributed by atoms with van der Waals surface area (Å²) in [7, 11) is -3.51. The van der Waals surface area contributed by atoms with Gasteiger partial charge in [-0.05, 0) is 81.3 Å². The predicted molar refractivity (Wildman–Crippen MR) is 126 cm³/mol. The molecule has 1 aromatic carbocycles. The van der Waals surface area contributed by atoms with Crippen LogP contribution < -0.4 is 5.32 Å². The molecule has 176 valence electrons. The molecular weight excluding hydrogens is 456 g/mol. The molecule has 0 unspecified atom stereocenters. The summed E-state index contributed by atoms with van der Waals surface area (Å²) in [6, 6.07) is 8.49. The van der Waals surface area contributed by atoms with Crippen LogP contribution in [0.4, 0.5) is 5.13 Å². The summed E-state index contributed by atoms with van der Waals surface area (Å²) in [4.78, 5) is 13.2. The van der Waals surface area contributed by atoms with Crippen LogP contribution in [0.2, 0.25) is 0 Å². The van der Waals surface area contributed by atoms with E-state index in [2.05, 4.69) is 15.5 Å². The molecule has 0 atom stereocenters. The zero-order chi connectivity index (χ0) is 22.6. The Morgan fingerprint density at radius 1 is 0.970 bits per heavy atom. The molecule has 5 aliphatic rings. The van der Waals surface area contributed by atoms with E-state index < -0.39 is 10.0 Å². The Labute approximate surface area is 199 Å². The molecule has 2 aromatic rings. The van der Waals surface area contributed by atoms with E-state index in [9.17, 15) is 13.2 Å². The van der Waals surface area contributed by atoms with Gasteiger partial charge in [0.1, 0.15) is 5.01 Å². The number of sulfonamides is 1. The van der Waals surface area contributed by atoms with E-state index >= 15 is 0 Å². The van der Waals surface area contributed by atoms with Crippen LogP contribution in [-0.4, -0.2) is 41.9 Å². The Kier molecular flexibility index (Phi) is 5.34. The molecule has 7 rings (SSSR count). The lowest BCUT2D eigenvalue weighted by molar-refractivity contribution is -0.120. The van der Waals surface area contributed by atoms with Gasteiger partial charge in [0.2, 0.25) is 21.1 Å². The topological polar surface area (TPSA) is 92.3 Å². The predicted octanol–water partition coefficient (Wildman–Crippen LogP) is 4.05. The lowest BCUT2D eigenvalue weighted by Gasteiger charge is -2.55. The number of benzene rings is 1. The maximum Gasteiger partial charge on any atom is 0.243 e. The van der Waals surface area contributed by atoms with Crippen LogP contribution in [0, 0.1) is 23.7 Å². The number of nitrogens with zero attached hydrogens (tertiary/aromatic N) is 3. The Morgan fingerprint density at radius 2 is 1.58 bits per heavy atom. The summed E-state index contributed by atoms with van der Waals surface area (Å²) in [5.41, 5.74) is 0.187. The van der Waals surface area contributed by atoms with Gasteiger partial charge in [0.25, 0.3) is 0 Å². The lowest BCUT2D eigenvalue weighted by atomic mass is 9.50. The van der Waals surface area contributed by atoms with Crippen molar-refractivity contribution < 1.29 is 13.2 Å². The summed E-state index contributed by atoms with van der Waals surface area (Å²) in [6.07, 6.45) is 8.89. The van der Waals surface area contributed by atoms with Gasteiger partial charge < -0.3 is 5.32 Å². The summed E-state index contributed by atoms with van der Waals surface area (Å²) in [5.74, 6) is 2.25. The van der Waals surface area contributed by atoms with Crippen molar-refractivity contribution in [2.45, 2.75) is 61.7 Å². The van der Waals surface area contributed by atoms with Gasteiger partial charge in [0, 0.05) is 24.4 Å². The molecule has 1 aliphatic heterocycles. The van der Waals surface area contributed by atoms with Crippen molar-refractivity contribution in [2.75, 3.05) is 18.4 Å². The van der Waals surface area contributed by atoms with Crippen LogP contribution in [-0.2, 0) is 20.2 Å². The van der Waals surface area contributed by atoms with Gasteiger partial charge in [-0.1, -0.05) is 29.5 Å². The highest BCUT2D eigenvalue weighted by Gasteiger charge is 2.53. The van der Waals surface area contributed by atoms with Crippen LogP contribution in [0.25, 0.3) is 0 Å². The molecule has 0 spiro atoms.